The summed E-state index contributed by atoms with van der Waals surface area (Å²) in [6.45, 7) is 4.09. The maximum atomic E-state index is 12.6. The summed E-state index contributed by atoms with van der Waals surface area (Å²) in [5, 5.41) is 7.86. The molecule has 2 aromatic heterocycles. The quantitative estimate of drug-likeness (QED) is 0.773. The Morgan fingerprint density at radius 2 is 2.17 bits per heavy atom. The van der Waals surface area contributed by atoms with E-state index < -0.39 is 0 Å². The van der Waals surface area contributed by atoms with Crippen molar-refractivity contribution in [3.63, 3.8) is 0 Å². The number of hydrogen-bond donors (Lipinski definition) is 1. The van der Waals surface area contributed by atoms with Crippen molar-refractivity contribution in [2.24, 2.45) is 5.92 Å². The van der Waals surface area contributed by atoms with E-state index in [1.807, 2.05) is 31.2 Å². The molecule has 1 unspecified atom stereocenters. The van der Waals surface area contributed by atoms with Gasteiger partial charge in [-0.2, -0.15) is 0 Å². The summed E-state index contributed by atoms with van der Waals surface area (Å²) in [5.74, 6) is 1.05. The summed E-state index contributed by atoms with van der Waals surface area (Å²) in [4.78, 5) is 12.6. The van der Waals surface area contributed by atoms with Crippen molar-refractivity contribution in [1.82, 2.24) is 5.16 Å². The Balaban J connectivity index is 1.65. The van der Waals surface area contributed by atoms with E-state index in [2.05, 4.69) is 17.4 Å². The third kappa shape index (κ3) is 2.32. The van der Waals surface area contributed by atoms with Gasteiger partial charge in [0, 0.05) is 16.5 Å². The molecule has 1 atom stereocenters. The van der Waals surface area contributed by atoms with Crippen LogP contribution in [0.25, 0.3) is 11.0 Å². The van der Waals surface area contributed by atoms with E-state index in [0.29, 0.717) is 23.1 Å². The number of anilines is 1. The van der Waals surface area contributed by atoms with Gasteiger partial charge in [-0.05, 0) is 38.2 Å². The summed E-state index contributed by atoms with van der Waals surface area (Å²) in [5.41, 5.74) is 3.52. The Morgan fingerprint density at radius 3 is 3.00 bits per heavy atom. The minimum Gasteiger partial charge on any atom is -0.451 e. The number of aryl methyl sites for hydroxylation is 2. The fraction of sp³-hybridized carbons (Fsp3) is 0.333. The molecular formula is C18H18N2O3. The lowest BCUT2D eigenvalue weighted by molar-refractivity contribution is 0.0994. The van der Waals surface area contributed by atoms with Crippen LogP contribution in [0.5, 0.6) is 0 Å². The van der Waals surface area contributed by atoms with Gasteiger partial charge >= 0.3 is 0 Å². The van der Waals surface area contributed by atoms with Gasteiger partial charge in [0.15, 0.2) is 5.76 Å². The Hall–Kier alpha value is -2.56. The van der Waals surface area contributed by atoms with Gasteiger partial charge in [0.1, 0.15) is 5.58 Å². The molecule has 23 heavy (non-hydrogen) atoms. The van der Waals surface area contributed by atoms with Crippen molar-refractivity contribution in [3.8, 4) is 0 Å². The smallest absolute Gasteiger partial charge is 0.294 e. The molecule has 2 heterocycles. The molecule has 0 bridgehead atoms. The Kier molecular flexibility index (Phi) is 3.22. The fourth-order valence-electron chi connectivity index (χ4n) is 3.23. The highest BCUT2D eigenvalue weighted by atomic mass is 16.5. The molecule has 4 rings (SSSR count). The standard InChI is InChI=1S/C18H18N2O3/c1-10-7-8-14-13(9-10)18(23-20-14)19-17(21)16-11(2)12-5-3-4-6-15(12)22-16/h3-6,10H,7-9H2,1-2H3,(H,19,21). The third-order valence-corrected chi connectivity index (χ3v) is 4.57. The largest absolute Gasteiger partial charge is 0.451 e. The van der Waals surface area contributed by atoms with Crippen LogP contribution < -0.4 is 5.32 Å². The average molecular weight is 310 g/mol. The Bertz CT molecular complexity index is 891. The molecule has 1 amide bonds. The SMILES string of the molecule is Cc1c(C(=O)Nc2onc3c2CC(C)CC3)oc2ccccc12. The summed E-state index contributed by atoms with van der Waals surface area (Å²) >= 11 is 0. The number of fused-ring (bicyclic) bond motifs is 2. The van der Waals surface area contributed by atoms with Crippen molar-refractivity contribution in [1.29, 1.82) is 0 Å². The zero-order valence-corrected chi connectivity index (χ0v) is 13.2. The molecular weight excluding hydrogens is 292 g/mol. The first-order valence-electron chi connectivity index (χ1n) is 7.90. The van der Waals surface area contributed by atoms with E-state index >= 15 is 0 Å². The van der Waals surface area contributed by atoms with E-state index in [1.54, 1.807) is 0 Å². The number of benzene rings is 1. The van der Waals surface area contributed by atoms with Gasteiger partial charge in [-0.3, -0.25) is 10.1 Å². The van der Waals surface area contributed by atoms with Gasteiger partial charge in [-0.25, -0.2) is 0 Å². The Labute approximate surface area is 133 Å². The number of nitrogens with one attached hydrogen (secondary N) is 1. The maximum Gasteiger partial charge on any atom is 0.294 e. The van der Waals surface area contributed by atoms with E-state index in [9.17, 15) is 4.79 Å². The van der Waals surface area contributed by atoms with Crippen LogP contribution in [0.15, 0.2) is 33.2 Å². The zero-order valence-electron chi connectivity index (χ0n) is 13.2. The van der Waals surface area contributed by atoms with E-state index in [-0.39, 0.29) is 5.91 Å². The molecule has 0 saturated carbocycles. The molecule has 0 radical (unpaired) electrons. The highest BCUT2D eigenvalue weighted by molar-refractivity contribution is 6.06. The predicted molar refractivity (Wildman–Crippen MR) is 86.6 cm³/mol. The van der Waals surface area contributed by atoms with Crippen molar-refractivity contribution in [2.45, 2.75) is 33.1 Å². The first-order valence-corrected chi connectivity index (χ1v) is 7.90. The monoisotopic (exact) mass is 310 g/mol. The molecule has 1 N–H and O–H groups in total. The van der Waals surface area contributed by atoms with E-state index in [4.69, 9.17) is 8.94 Å². The van der Waals surface area contributed by atoms with E-state index in [1.165, 1.54) is 0 Å². The number of para-hydroxylation sites is 1. The van der Waals surface area contributed by atoms with Crippen LogP contribution in [0.1, 0.15) is 40.7 Å². The number of carbonyl (C=O) groups excluding carboxylic acids is 1. The number of amides is 1. The first kappa shape index (κ1) is 14.1. The van der Waals surface area contributed by atoms with Gasteiger partial charge in [0.05, 0.1) is 5.69 Å². The van der Waals surface area contributed by atoms with Crippen LogP contribution in [0.3, 0.4) is 0 Å². The summed E-state index contributed by atoms with van der Waals surface area (Å²) in [6, 6.07) is 7.63. The molecule has 0 aliphatic heterocycles. The zero-order chi connectivity index (χ0) is 16.0. The topological polar surface area (TPSA) is 68.3 Å². The summed E-state index contributed by atoms with van der Waals surface area (Å²) in [7, 11) is 0. The Morgan fingerprint density at radius 1 is 1.35 bits per heavy atom. The number of carbonyl (C=O) groups is 1. The van der Waals surface area contributed by atoms with Crippen molar-refractivity contribution >= 4 is 22.8 Å². The lowest BCUT2D eigenvalue weighted by Crippen LogP contribution is -2.16. The number of aromatic nitrogens is 1. The molecule has 1 aromatic carbocycles. The van der Waals surface area contributed by atoms with Crippen LogP contribution in [-0.4, -0.2) is 11.1 Å². The number of furan rings is 1. The molecule has 5 nitrogen and oxygen atoms in total. The van der Waals surface area contributed by atoms with Crippen LogP contribution >= 0.6 is 0 Å². The van der Waals surface area contributed by atoms with Gasteiger partial charge in [0.2, 0.25) is 5.88 Å². The van der Waals surface area contributed by atoms with Crippen molar-refractivity contribution in [3.05, 3.63) is 46.8 Å². The molecule has 118 valence electrons. The van der Waals surface area contributed by atoms with Gasteiger partial charge in [-0.1, -0.05) is 30.3 Å². The number of rotatable bonds is 2. The lowest BCUT2D eigenvalue weighted by atomic mass is 9.89. The molecule has 0 fully saturated rings. The van der Waals surface area contributed by atoms with Gasteiger partial charge < -0.3 is 8.94 Å². The normalized spacial score (nSPS) is 17.2. The predicted octanol–water partition coefficient (Wildman–Crippen LogP) is 4.11. The molecule has 5 heteroatoms. The van der Waals surface area contributed by atoms with Crippen LogP contribution in [0.4, 0.5) is 5.88 Å². The molecule has 1 aliphatic carbocycles. The highest BCUT2D eigenvalue weighted by Crippen LogP contribution is 2.31. The minimum absolute atomic E-state index is 0.295. The molecule has 0 saturated heterocycles. The fourth-order valence-corrected chi connectivity index (χ4v) is 3.23. The second kappa shape index (κ2) is 5.26. The molecule has 0 spiro atoms. The lowest BCUT2D eigenvalue weighted by Gasteiger charge is -2.16. The second-order valence-corrected chi connectivity index (χ2v) is 6.29. The van der Waals surface area contributed by atoms with E-state index in [0.717, 1.165) is 41.5 Å². The first-order chi connectivity index (χ1) is 11.1. The highest BCUT2D eigenvalue weighted by Gasteiger charge is 2.26. The van der Waals surface area contributed by atoms with Gasteiger partial charge in [0.25, 0.3) is 5.91 Å². The van der Waals surface area contributed by atoms with Crippen LogP contribution in [0, 0.1) is 12.8 Å². The van der Waals surface area contributed by atoms with Crippen LogP contribution in [-0.2, 0) is 12.8 Å². The number of hydrogen-bond acceptors (Lipinski definition) is 4. The summed E-state index contributed by atoms with van der Waals surface area (Å²) in [6.07, 6.45) is 2.89. The van der Waals surface area contributed by atoms with Crippen molar-refractivity contribution in [2.75, 3.05) is 5.32 Å². The minimum atomic E-state index is -0.295. The van der Waals surface area contributed by atoms with Crippen molar-refractivity contribution < 1.29 is 13.7 Å². The van der Waals surface area contributed by atoms with Crippen LogP contribution in [0.2, 0.25) is 0 Å². The summed E-state index contributed by atoms with van der Waals surface area (Å²) < 4.78 is 11.0. The second-order valence-electron chi connectivity index (χ2n) is 6.29. The molecule has 3 aromatic rings. The average Bonchev–Trinajstić information content (AvgIpc) is 3.09. The third-order valence-electron chi connectivity index (χ3n) is 4.57. The maximum absolute atomic E-state index is 12.6. The van der Waals surface area contributed by atoms with Gasteiger partial charge in [-0.15, -0.1) is 0 Å². The molecule has 1 aliphatic rings. The number of nitrogens with zero attached hydrogens (tertiary/aromatic N) is 1.